The van der Waals surface area contributed by atoms with Gasteiger partial charge in [-0.1, -0.05) is 0 Å². The first kappa shape index (κ1) is 26.0. The number of carbonyl (C=O) groups excluding carboxylic acids is 2. The van der Waals surface area contributed by atoms with Gasteiger partial charge in [-0.3, -0.25) is 14.5 Å². The van der Waals surface area contributed by atoms with E-state index >= 15 is 0 Å². The molecule has 0 atom stereocenters. The Morgan fingerprint density at radius 2 is 1.97 bits per heavy atom. The summed E-state index contributed by atoms with van der Waals surface area (Å²) < 4.78 is 27.3. The Hall–Kier alpha value is -3.64. The van der Waals surface area contributed by atoms with Crippen LogP contribution in [0.3, 0.4) is 0 Å². The summed E-state index contributed by atoms with van der Waals surface area (Å²) in [6.07, 6.45) is 2.77. The van der Waals surface area contributed by atoms with Crippen LogP contribution in [-0.2, 0) is 6.54 Å². The predicted octanol–water partition coefficient (Wildman–Crippen LogP) is 2.49. The minimum atomic E-state index is -2.40. The van der Waals surface area contributed by atoms with Crippen LogP contribution in [0.15, 0.2) is 36.8 Å². The monoisotopic (exact) mass is 527 g/mol. The zero-order valence-corrected chi connectivity index (χ0v) is 21.4. The van der Waals surface area contributed by atoms with Gasteiger partial charge >= 0.3 is 0 Å². The van der Waals surface area contributed by atoms with Crippen molar-refractivity contribution >= 4 is 28.8 Å². The Morgan fingerprint density at radius 1 is 1.21 bits per heavy atom. The summed E-state index contributed by atoms with van der Waals surface area (Å²) in [5.41, 5.74) is 2.34. The Labute approximate surface area is 218 Å². The number of carbonyl (C=O) groups is 2. The lowest BCUT2D eigenvalue weighted by molar-refractivity contribution is 0.0516. The van der Waals surface area contributed by atoms with Crippen LogP contribution in [-0.4, -0.2) is 92.6 Å². The highest BCUT2D eigenvalue weighted by Gasteiger charge is 2.32. The molecule has 4 heterocycles. The van der Waals surface area contributed by atoms with Crippen molar-refractivity contribution < 1.29 is 23.5 Å². The normalized spacial score (nSPS) is 16.5. The highest BCUT2D eigenvalue weighted by Crippen LogP contribution is 2.36. The standard InChI is InChI=1S/C26H31F2N7O3/c1-26(2,38)4-7-34-15-17-12-20(31-24(36)19-14-30-35-6-3-5-29-23(19)35)21(13-18(17)25(34)37)33-10-8-32(9-11-33)16-22(27)28/h3,5-6,12-14,22,38H,4,7-11,15-16H2,1-2H3,(H,31,36). The summed E-state index contributed by atoms with van der Waals surface area (Å²) in [5, 5.41) is 17.3. The smallest absolute Gasteiger partial charge is 0.261 e. The van der Waals surface area contributed by atoms with Crippen molar-refractivity contribution in [3.8, 4) is 0 Å². The molecule has 2 aliphatic heterocycles. The van der Waals surface area contributed by atoms with Crippen LogP contribution in [0.1, 0.15) is 46.5 Å². The minimum absolute atomic E-state index is 0.133. The van der Waals surface area contributed by atoms with E-state index in [9.17, 15) is 23.5 Å². The summed E-state index contributed by atoms with van der Waals surface area (Å²) in [6, 6.07) is 5.32. The van der Waals surface area contributed by atoms with E-state index in [1.165, 1.54) is 10.7 Å². The van der Waals surface area contributed by atoms with Gasteiger partial charge in [0.2, 0.25) is 0 Å². The average Bonchev–Trinajstić information content (AvgIpc) is 3.43. The number of aliphatic hydroxyl groups is 1. The van der Waals surface area contributed by atoms with E-state index in [1.807, 2.05) is 11.0 Å². The fourth-order valence-electron chi connectivity index (χ4n) is 4.91. The molecule has 0 spiro atoms. The summed E-state index contributed by atoms with van der Waals surface area (Å²) in [6.45, 7) is 5.73. The fraction of sp³-hybridized carbons (Fsp3) is 0.462. The molecule has 0 unspecified atom stereocenters. The molecule has 0 bridgehead atoms. The Kier molecular flexibility index (Phi) is 7.01. The van der Waals surface area contributed by atoms with Crippen molar-refractivity contribution in [3.63, 3.8) is 0 Å². The number of alkyl halides is 2. The molecule has 0 radical (unpaired) electrons. The number of nitrogens with zero attached hydrogens (tertiary/aromatic N) is 6. The van der Waals surface area contributed by atoms with Gasteiger partial charge in [-0.05, 0) is 44.0 Å². The maximum Gasteiger partial charge on any atom is 0.261 e. The molecule has 5 rings (SSSR count). The van der Waals surface area contributed by atoms with Crippen molar-refractivity contribution in [2.24, 2.45) is 0 Å². The van der Waals surface area contributed by atoms with Crippen molar-refractivity contribution in [1.29, 1.82) is 0 Å². The average molecular weight is 528 g/mol. The second-order valence-electron chi connectivity index (χ2n) is 10.4. The molecule has 2 amide bonds. The summed E-state index contributed by atoms with van der Waals surface area (Å²) in [7, 11) is 0. The third-order valence-corrected chi connectivity index (χ3v) is 6.98. The number of anilines is 2. The Balaban J connectivity index is 1.44. The Bertz CT molecular complexity index is 1350. The molecule has 10 nitrogen and oxygen atoms in total. The van der Waals surface area contributed by atoms with Crippen molar-refractivity contribution in [2.45, 2.75) is 38.8 Å². The van der Waals surface area contributed by atoms with Crippen molar-refractivity contribution in [1.82, 2.24) is 24.4 Å². The molecule has 2 aromatic heterocycles. The van der Waals surface area contributed by atoms with Crippen LogP contribution in [0.4, 0.5) is 20.2 Å². The van der Waals surface area contributed by atoms with Gasteiger partial charge in [0.15, 0.2) is 5.65 Å². The van der Waals surface area contributed by atoms with Crippen LogP contribution >= 0.6 is 0 Å². The molecule has 12 heteroatoms. The lowest BCUT2D eigenvalue weighted by Crippen LogP contribution is -2.48. The predicted molar refractivity (Wildman–Crippen MR) is 138 cm³/mol. The van der Waals surface area contributed by atoms with E-state index in [1.54, 1.807) is 48.2 Å². The highest BCUT2D eigenvalue weighted by atomic mass is 19.3. The van der Waals surface area contributed by atoms with Gasteiger partial charge in [-0.25, -0.2) is 18.3 Å². The number of aromatic nitrogens is 3. The van der Waals surface area contributed by atoms with Crippen molar-refractivity contribution in [2.75, 3.05) is 49.5 Å². The lowest BCUT2D eigenvalue weighted by atomic mass is 10.1. The number of amides is 2. The zero-order valence-electron chi connectivity index (χ0n) is 21.4. The van der Waals surface area contributed by atoms with Crippen LogP contribution in [0.5, 0.6) is 0 Å². The van der Waals surface area contributed by atoms with Gasteiger partial charge in [0.1, 0.15) is 5.56 Å². The third-order valence-electron chi connectivity index (χ3n) is 6.98. The van der Waals surface area contributed by atoms with Crippen LogP contribution < -0.4 is 10.2 Å². The van der Waals surface area contributed by atoms with E-state index < -0.39 is 12.0 Å². The molecule has 0 aliphatic carbocycles. The van der Waals surface area contributed by atoms with Crippen LogP contribution in [0.2, 0.25) is 0 Å². The van der Waals surface area contributed by atoms with Crippen LogP contribution in [0, 0.1) is 0 Å². The first-order valence-corrected chi connectivity index (χ1v) is 12.6. The topological polar surface area (TPSA) is 106 Å². The van der Waals surface area contributed by atoms with E-state index in [0.29, 0.717) is 73.8 Å². The molecule has 1 saturated heterocycles. The summed E-state index contributed by atoms with van der Waals surface area (Å²) in [4.78, 5) is 36.2. The van der Waals surface area contributed by atoms with Gasteiger partial charge < -0.3 is 20.2 Å². The van der Waals surface area contributed by atoms with Crippen LogP contribution in [0.25, 0.3) is 5.65 Å². The minimum Gasteiger partial charge on any atom is -0.390 e. The molecule has 1 aromatic carbocycles. The third kappa shape index (κ3) is 5.46. The number of benzene rings is 1. The molecule has 0 saturated carbocycles. The molecule has 3 aromatic rings. The quantitative estimate of drug-likeness (QED) is 0.464. The molecule has 38 heavy (non-hydrogen) atoms. The second kappa shape index (κ2) is 10.3. The maximum atomic E-state index is 13.3. The molecule has 202 valence electrons. The van der Waals surface area contributed by atoms with Gasteiger partial charge in [-0.2, -0.15) is 5.10 Å². The first-order chi connectivity index (χ1) is 18.1. The van der Waals surface area contributed by atoms with Crippen molar-refractivity contribution in [3.05, 3.63) is 53.5 Å². The summed E-state index contributed by atoms with van der Waals surface area (Å²) >= 11 is 0. The highest BCUT2D eigenvalue weighted by molar-refractivity contribution is 6.10. The fourth-order valence-corrected chi connectivity index (χ4v) is 4.91. The number of nitrogens with one attached hydrogen (secondary N) is 1. The molecule has 2 N–H and O–H groups in total. The molecule has 2 aliphatic rings. The zero-order chi connectivity index (χ0) is 27.0. The number of rotatable bonds is 8. The lowest BCUT2D eigenvalue weighted by Gasteiger charge is -2.37. The van der Waals surface area contributed by atoms with Gasteiger partial charge in [-0.15, -0.1) is 0 Å². The Morgan fingerprint density at radius 3 is 2.68 bits per heavy atom. The SMILES string of the molecule is CC(C)(O)CCN1Cc2cc(NC(=O)c3cnn4cccnc34)c(N3CCN(CC(F)F)CC3)cc2C1=O. The molecular weight excluding hydrogens is 496 g/mol. The molecule has 1 fully saturated rings. The van der Waals surface area contributed by atoms with Gasteiger partial charge in [0, 0.05) is 57.2 Å². The number of hydrogen-bond acceptors (Lipinski definition) is 7. The first-order valence-electron chi connectivity index (χ1n) is 12.6. The van der Waals surface area contributed by atoms with E-state index in [-0.39, 0.29) is 18.4 Å². The van der Waals surface area contributed by atoms with Gasteiger partial charge in [0.25, 0.3) is 18.2 Å². The van der Waals surface area contributed by atoms with Gasteiger partial charge in [0.05, 0.1) is 29.7 Å². The second-order valence-corrected chi connectivity index (χ2v) is 10.4. The molecular formula is C26H31F2N7O3. The largest absolute Gasteiger partial charge is 0.390 e. The number of piperazine rings is 1. The number of halogens is 2. The maximum absolute atomic E-state index is 13.3. The number of hydrogen-bond donors (Lipinski definition) is 2. The van der Waals surface area contributed by atoms with E-state index in [4.69, 9.17) is 0 Å². The van der Waals surface area contributed by atoms with E-state index in [0.717, 1.165) is 5.56 Å². The van der Waals surface area contributed by atoms with E-state index in [2.05, 4.69) is 15.4 Å². The number of fused-ring (bicyclic) bond motifs is 2. The summed E-state index contributed by atoms with van der Waals surface area (Å²) in [5.74, 6) is -0.522.